The van der Waals surface area contributed by atoms with Crippen molar-refractivity contribution in [2.75, 3.05) is 13.2 Å². The van der Waals surface area contributed by atoms with Crippen LogP contribution in [-0.4, -0.2) is 44.6 Å². The summed E-state index contributed by atoms with van der Waals surface area (Å²) in [7, 11) is 0. The van der Waals surface area contributed by atoms with Gasteiger partial charge in [-0.15, -0.1) is 21.4 Å². The van der Waals surface area contributed by atoms with Crippen LogP contribution in [0.15, 0.2) is 349 Å². The van der Waals surface area contributed by atoms with Gasteiger partial charge in [0, 0.05) is 67.8 Å². The first-order chi connectivity index (χ1) is 52.9. The predicted molar refractivity (Wildman–Crippen MR) is 420 cm³/mol. The Hall–Kier alpha value is -12.9. The number of nitrogens with zero attached hydrogens (tertiary/aromatic N) is 4. The summed E-state index contributed by atoms with van der Waals surface area (Å²) in [6.07, 6.45) is 10.2. The van der Waals surface area contributed by atoms with Gasteiger partial charge in [-0.1, -0.05) is 261 Å². The second-order valence-electron chi connectivity index (χ2n) is 26.7. The van der Waals surface area contributed by atoms with Crippen LogP contribution in [0, 0.1) is 0 Å². The third kappa shape index (κ3) is 14.2. The van der Waals surface area contributed by atoms with Crippen LogP contribution in [0.1, 0.15) is 98.2 Å². The minimum Gasteiger partial charge on any atom is -0.657 e. The largest absolute Gasteiger partial charge is 2.00 e. The summed E-state index contributed by atoms with van der Waals surface area (Å²) in [6, 6.07) is 103. The number of benzene rings is 8. The summed E-state index contributed by atoms with van der Waals surface area (Å²) in [6.45, 7) is 0.419. The Kier molecular flexibility index (Phi) is 20.2. The zero-order valence-corrected chi connectivity index (χ0v) is 65.5. The van der Waals surface area contributed by atoms with Crippen LogP contribution in [0.5, 0.6) is 0 Å². The molecule has 4 aliphatic rings. The molecule has 10 heterocycles. The minimum absolute atomic E-state index is 0. The first kappa shape index (κ1) is 70.5. The Morgan fingerprint density at radius 3 is 0.826 bits per heavy atom. The van der Waals surface area contributed by atoms with Crippen molar-refractivity contribution in [2.45, 2.75) is 19.3 Å². The molecular formula is C95H68N8O4Zn2. The molecule has 14 heteroatoms. The molecule has 0 amide bonds. The smallest absolute Gasteiger partial charge is 0.657 e. The number of hydrogen-bond acceptors (Lipinski definition) is 6. The minimum atomic E-state index is -0.419. The molecule has 4 aliphatic heterocycles. The number of allylic oxidation sites excluding steroid dienone is 4. The molecule has 14 aromatic rings. The van der Waals surface area contributed by atoms with Crippen molar-refractivity contribution in [1.29, 1.82) is 0 Å². The van der Waals surface area contributed by atoms with Gasteiger partial charge in [0.2, 0.25) is 0 Å². The van der Waals surface area contributed by atoms with E-state index in [1.165, 1.54) is 0 Å². The molecule has 12 nitrogen and oxygen atoms in total. The second-order valence-corrected chi connectivity index (χ2v) is 26.7. The molecule has 6 aromatic heterocycles. The second kappa shape index (κ2) is 31.3. The van der Waals surface area contributed by atoms with E-state index in [4.69, 9.17) is 29.4 Å². The van der Waals surface area contributed by atoms with Crippen molar-refractivity contribution in [3.8, 4) is 0 Å². The van der Waals surface area contributed by atoms with Crippen LogP contribution < -0.4 is 62.5 Å². The molecular weight excluding hydrogens is 1450 g/mol. The van der Waals surface area contributed by atoms with Crippen molar-refractivity contribution in [3.63, 3.8) is 0 Å². The number of fused-ring (bicyclic) bond motifs is 14. The first-order valence-corrected chi connectivity index (χ1v) is 36.1. The maximum Gasteiger partial charge on any atom is 2.00 e. The van der Waals surface area contributed by atoms with Crippen molar-refractivity contribution in [1.82, 2.24) is 29.9 Å². The molecule has 0 atom stereocenters. The zero-order valence-electron chi connectivity index (χ0n) is 59.5. The monoisotopic (exact) mass is 1510 g/mol. The molecule has 0 spiro atoms. The van der Waals surface area contributed by atoms with Crippen LogP contribution in [0.25, 0.3) is 56.5 Å². The quantitative estimate of drug-likeness (QED) is 0.0621. The van der Waals surface area contributed by atoms with Gasteiger partial charge >= 0.3 is 39.0 Å². The average molecular weight is 1520 g/mol. The molecule has 16 bridgehead atoms. The van der Waals surface area contributed by atoms with Gasteiger partial charge in [0.25, 0.3) is 0 Å². The van der Waals surface area contributed by atoms with E-state index < -0.39 is 11.9 Å². The number of aliphatic imine (C=N–C) groups is 2. The molecule has 18 rings (SSSR count). The average Bonchev–Trinajstić information content (AvgIpc) is 1.62. The molecule has 8 aromatic carbocycles. The third-order valence-electron chi connectivity index (χ3n) is 20.0. The number of aromatic nitrogens is 6. The van der Waals surface area contributed by atoms with E-state index in [-0.39, 0.29) is 52.2 Å². The van der Waals surface area contributed by atoms with Crippen molar-refractivity contribution < 1.29 is 58.6 Å². The van der Waals surface area contributed by atoms with Gasteiger partial charge in [-0.3, -0.25) is 0 Å². The van der Waals surface area contributed by atoms with Crippen LogP contribution in [0.3, 0.4) is 0 Å². The molecule has 0 saturated heterocycles. The van der Waals surface area contributed by atoms with Gasteiger partial charge in [-0.2, -0.15) is 0 Å². The van der Waals surface area contributed by atoms with Crippen molar-refractivity contribution >= 4 is 67.9 Å². The van der Waals surface area contributed by atoms with Crippen LogP contribution >= 0.6 is 0 Å². The molecule has 0 aliphatic carbocycles. The molecule has 0 unspecified atom stereocenters. The molecule has 516 valence electrons. The Morgan fingerprint density at radius 2 is 0.523 bits per heavy atom. The summed E-state index contributed by atoms with van der Waals surface area (Å²) in [5.74, 6) is -0.838. The molecule has 0 radical (unpaired) electrons. The van der Waals surface area contributed by atoms with E-state index in [0.29, 0.717) is 29.7 Å². The number of unbranched alkanes of at least 4 members (excludes halogenated alkanes) is 2. The van der Waals surface area contributed by atoms with E-state index in [1.807, 2.05) is 133 Å². The summed E-state index contributed by atoms with van der Waals surface area (Å²) in [4.78, 5) is 36.9. The number of nitrogens with one attached hydrogen (secondary N) is 4. The summed E-state index contributed by atoms with van der Waals surface area (Å²) in [5.41, 5.74) is 24.0. The summed E-state index contributed by atoms with van der Waals surface area (Å²) in [5, 5.41) is 33.5. The van der Waals surface area contributed by atoms with E-state index in [1.54, 1.807) is 0 Å². The number of hydrogen-bond donors (Lipinski definition) is 4. The van der Waals surface area contributed by atoms with E-state index in [2.05, 4.69) is 214 Å². The van der Waals surface area contributed by atoms with Gasteiger partial charge in [-0.05, 0) is 175 Å². The van der Waals surface area contributed by atoms with Crippen LogP contribution in [0.2, 0.25) is 0 Å². The normalized spacial score (nSPS) is 13.7. The summed E-state index contributed by atoms with van der Waals surface area (Å²) < 4.78 is 11.7. The van der Waals surface area contributed by atoms with Crippen LogP contribution in [-0.2, 0) is 48.4 Å². The number of rotatable bonds is 14. The fourth-order valence-corrected chi connectivity index (χ4v) is 14.9. The van der Waals surface area contributed by atoms with Gasteiger partial charge < -0.3 is 49.6 Å². The standard InChI is InChI=1S/C95H70N8O4.2Zn/c104-94(68-38-34-66(35-39-68)92-82-54-50-78(100-82)88(62-26-12-3-13-27-62)74-46-42-70(96-74)86(60-22-8-1-9-23-60)71-43-47-75(97-71)89(63-28-14-4-15-29-63)79-51-55-83(92)101-79)106-58-20-7-21-59-107-95(105)69-40-36-67(37-41-69)93-84-56-52-80(102-84)90(64-30-16-5-17-31-64)76-48-44-72(98-76)87(61-24-10-2-11-25-61)73-45-49-77(99-73)91(65-32-18-6-19-33-65)81-53-57-85(93)103-81;;/h1-6,8-19,22-57H,7,20-21,58-59H2,(H6-2,96,97,98,99,100,101,102,103,104,105);;/q-2;2*+2/p-2. The zero-order chi connectivity index (χ0) is 71.6. The predicted octanol–water partition coefficient (Wildman–Crippen LogP) is 10.6. The number of H-pyrrole nitrogens is 4. The molecule has 0 saturated carbocycles. The number of aromatic amines is 4. The molecule has 4 N–H and O–H groups in total. The van der Waals surface area contributed by atoms with Crippen molar-refractivity contribution in [2.24, 2.45) is 9.98 Å². The van der Waals surface area contributed by atoms with Crippen LogP contribution in [0.4, 0.5) is 0 Å². The van der Waals surface area contributed by atoms with Crippen molar-refractivity contribution in [3.05, 3.63) is 460 Å². The number of ether oxygens (including phenoxy) is 2. The van der Waals surface area contributed by atoms with Gasteiger partial charge in [0.05, 0.1) is 34.7 Å². The first-order valence-electron chi connectivity index (χ1n) is 36.1. The SMILES string of the molecule is [O-]C(OCCCCCOC([O-])=c1ccc(=C2c3ccc([nH]3)C(c3ccccc3)=C3C=CC(=N3)C(c3ccccc3)=c3ccc([n-]3)=C(c3ccccc3)c3ccc2[nH]3)cc1)=c1ccc(=C2c3ccc([nH]3)C(c3ccccc3)=C3C=CC(=N3)C(c3ccccc3)=c3ccc([n-]3)=C(c3ccccc3)c3ccc2[nH]3)cc1.[Zn+2].[Zn+2]. The molecule has 0 fully saturated rings. The van der Waals surface area contributed by atoms with E-state index in [9.17, 15) is 10.2 Å². The maximum absolute atomic E-state index is 13.8. The van der Waals surface area contributed by atoms with Gasteiger partial charge in [0.15, 0.2) is 0 Å². The Labute approximate surface area is 654 Å². The fraction of sp³-hybridized carbons (Fsp3) is 0.0526. The maximum atomic E-state index is 13.8. The van der Waals surface area contributed by atoms with E-state index >= 15 is 0 Å². The van der Waals surface area contributed by atoms with Gasteiger partial charge in [0.1, 0.15) is 0 Å². The Morgan fingerprint density at radius 1 is 0.266 bits per heavy atom. The topological polar surface area (TPSA) is 181 Å². The summed E-state index contributed by atoms with van der Waals surface area (Å²) >= 11 is 0. The Bertz CT molecular complexity index is 6090. The van der Waals surface area contributed by atoms with Gasteiger partial charge in [-0.25, -0.2) is 9.98 Å². The molecule has 109 heavy (non-hydrogen) atoms. The fourth-order valence-electron chi connectivity index (χ4n) is 14.9. The Balaban J connectivity index is 0.00000452. The van der Waals surface area contributed by atoms with E-state index in [0.717, 1.165) is 178 Å². The third-order valence-corrected chi connectivity index (χ3v) is 20.0.